The number of hydrazine groups is 1. The van der Waals surface area contributed by atoms with E-state index in [1.54, 1.807) is 17.2 Å². The van der Waals surface area contributed by atoms with Gasteiger partial charge in [-0.05, 0) is 42.3 Å². The predicted octanol–water partition coefficient (Wildman–Crippen LogP) is 1.36. The molecular formula is C12H19BrN4O2. The van der Waals surface area contributed by atoms with Crippen LogP contribution >= 0.6 is 15.9 Å². The number of rotatable bonds is 6. The first-order chi connectivity index (χ1) is 9.01. The van der Waals surface area contributed by atoms with Crippen LogP contribution in [-0.2, 0) is 0 Å². The SMILES string of the molecule is CC(C)N(CCCO)C(=O)c1cc(Br)cnc1NN. The number of nitrogens with one attached hydrogen (secondary N) is 1. The molecule has 1 rings (SSSR count). The molecule has 19 heavy (non-hydrogen) atoms. The Morgan fingerprint density at radius 3 is 2.84 bits per heavy atom. The summed E-state index contributed by atoms with van der Waals surface area (Å²) in [6, 6.07) is 1.71. The van der Waals surface area contributed by atoms with Gasteiger partial charge in [0.15, 0.2) is 5.82 Å². The van der Waals surface area contributed by atoms with Gasteiger partial charge in [-0.25, -0.2) is 10.8 Å². The lowest BCUT2D eigenvalue weighted by Gasteiger charge is -2.27. The van der Waals surface area contributed by atoms with Gasteiger partial charge in [0.2, 0.25) is 0 Å². The number of nitrogen functional groups attached to an aromatic ring is 1. The summed E-state index contributed by atoms with van der Waals surface area (Å²) in [5.74, 6) is 5.55. The minimum Gasteiger partial charge on any atom is -0.396 e. The number of pyridine rings is 1. The van der Waals surface area contributed by atoms with Crippen LogP contribution in [0.25, 0.3) is 0 Å². The van der Waals surface area contributed by atoms with E-state index in [9.17, 15) is 4.79 Å². The third-order valence-corrected chi connectivity index (χ3v) is 3.10. The summed E-state index contributed by atoms with van der Waals surface area (Å²) in [5.41, 5.74) is 2.83. The highest BCUT2D eigenvalue weighted by molar-refractivity contribution is 9.10. The average molecular weight is 331 g/mol. The van der Waals surface area contributed by atoms with Crippen molar-refractivity contribution in [1.29, 1.82) is 0 Å². The van der Waals surface area contributed by atoms with Crippen LogP contribution in [0.5, 0.6) is 0 Å². The normalized spacial score (nSPS) is 10.6. The number of anilines is 1. The van der Waals surface area contributed by atoms with Crippen LogP contribution in [0.3, 0.4) is 0 Å². The van der Waals surface area contributed by atoms with Gasteiger partial charge in [-0.3, -0.25) is 4.79 Å². The second-order valence-corrected chi connectivity index (χ2v) is 5.28. The summed E-state index contributed by atoms with van der Waals surface area (Å²) < 4.78 is 0.709. The summed E-state index contributed by atoms with van der Waals surface area (Å²) in [7, 11) is 0. The van der Waals surface area contributed by atoms with Crippen molar-refractivity contribution in [2.24, 2.45) is 5.84 Å². The van der Waals surface area contributed by atoms with Gasteiger partial charge >= 0.3 is 0 Å². The summed E-state index contributed by atoms with van der Waals surface area (Å²) in [5, 5.41) is 8.90. The highest BCUT2D eigenvalue weighted by Gasteiger charge is 2.21. The van der Waals surface area contributed by atoms with E-state index in [1.807, 2.05) is 13.8 Å². The number of hydrogen-bond donors (Lipinski definition) is 3. The van der Waals surface area contributed by atoms with Crippen LogP contribution in [0.1, 0.15) is 30.6 Å². The van der Waals surface area contributed by atoms with E-state index in [2.05, 4.69) is 26.3 Å². The van der Waals surface area contributed by atoms with E-state index < -0.39 is 0 Å². The fraction of sp³-hybridized carbons (Fsp3) is 0.500. The molecule has 0 radical (unpaired) electrons. The molecule has 0 aliphatic rings. The monoisotopic (exact) mass is 330 g/mol. The summed E-state index contributed by atoms with van der Waals surface area (Å²) in [4.78, 5) is 18.3. The fourth-order valence-electron chi connectivity index (χ4n) is 1.71. The molecule has 0 aliphatic carbocycles. The van der Waals surface area contributed by atoms with Crippen LogP contribution in [0.4, 0.5) is 5.82 Å². The number of aliphatic hydroxyl groups is 1. The van der Waals surface area contributed by atoms with Crippen molar-refractivity contribution in [3.8, 4) is 0 Å². The second-order valence-electron chi connectivity index (χ2n) is 4.36. The molecule has 0 fully saturated rings. The molecule has 4 N–H and O–H groups in total. The number of aromatic nitrogens is 1. The van der Waals surface area contributed by atoms with Crippen molar-refractivity contribution >= 4 is 27.7 Å². The van der Waals surface area contributed by atoms with Gasteiger partial charge in [0.05, 0.1) is 5.56 Å². The van der Waals surface area contributed by atoms with Gasteiger partial charge in [-0.15, -0.1) is 0 Å². The molecule has 7 heteroatoms. The van der Waals surface area contributed by atoms with Crippen molar-refractivity contribution in [2.75, 3.05) is 18.6 Å². The molecule has 0 aromatic carbocycles. The molecule has 0 unspecified atom stereocenters. The number of amides is 1. The first-order valence-electron chi connectivity index (χ1n) is 6.05. The van der Waals surface area contributed by atoms with E-state index in [-0.39, 0.29) is 18.6 Å². The quantitative estimate of drug-likeness (QED) is 0.541. The third kappa shape index (κ3) is 4.15. The molecule has 1 amide bonds. The fourth-order valence-corrected chi connectivity index (χ4v) is 2.04. The number of hydrogen-bond acceptors (Lipinski definition) is 5. The molecule has 0 bridgehead atoms. The lowest BCUT2D eigenvalue weighted by molar-refractivity contribution is 0.0693. The van der Waals surface area contributed by atoms with Crippen LogP contribution < -0.4 is 11.3 Å². The number of carbonyl (C=O) groups excluding carboxylic acids is 1. The first kappa shape index (κ1) is 15.9. The Hall–Kier alpha value is -1.18. The van der Waals surface area contributed by atoms with Gasteiger partial charge in [0.25, 0.3) is 5.91 Å². The van der Waals surface area contributed by atoms with Crippen LogP contribution in [0.15, 0.2) is 16.7 Å². The Balaban J connectivity index is 3.04. The summed E-state index contributed by atoms with van der Waals surface area (Å²) in [6.45, 7) is 4.39. The lowest BCUT2D eigenvalue weighted by atomic mass is 10.2. The molecule has 106 valence electrons. The minimum absolute atomic E-state index is 0.0312. The van der Waals surface area contributed by atoms with Crippen LogP contribution in [0.2, 0.25) is 0 Å². The van der Waals surface area contributed by atoms with Gasteiger partial charge in [-0.2, -0.15) is 0 Å². The van der Waals surface area contributed by atoms with Crippen molar-refractivity contribution in [2.45, 2.75) is 26.3 Å². The van der Waals surface area contributed by atoms with E-state index in [0.717, 1.165) is 0 Å². The Morgan fingerprint density at radius 1 is 1.63 bits per heavy atom. The first-order valence-corrected chi connectivity index (χ1v) is 6.84. The average Bonchev–Trinajstić information content (AvgIpc) is 2.38. The second kappa shape index (κ2) is 7.42. The summed E-state index contributed by atoms with van der Waals surface area (Å²) >= 11 is 3.29. The zero-order chi connectivity index (χ0) is 14.4. The molecule has 1 aromatic heterocycles. The van der Waals surface area contributed by atoms with Crippen molar-refractivity contribution in [3.05, 3.63) is 22.3 Å². The van der Waals surface area contributed by atoms with Crippen LogP contribution in [-0.4, -0.2) is 40.1 Å². The van der Waals surface area contributed by atoms with E-state index in [4.69, 9.17) is 10.9 Å². The molecule has 0 saturated carbocycles. The van der Waals surface area contributed by atoms with E-state index in [1.165, 1.54) is 0 Å². The smallest absolute Gasteiger partial charge is 0.257 e. The Labute approximate surface area is 121 Å². The van der Waals surface area contributed by atoms with E-state index >= 15 is 0 Å². The number of carbonyl (C=O) groups is 1. The molecule has 6 nitrogen and oxygen atoms in total. The molecule has 0 atom stereocenters. The number of aliphatic hydroxyl groups excluding tert-OH is 1. The van der Waals surface area contributed by atoms with Crippen molar-refractivity contribution < 1.29 is 9.90 Å². The molecule has 0 aliphatic heterocycles. The van der Waals surface area contributed by atoms with Gasteiger partial charge in [0, 0.05) is 29.9 Å². The van der Waals surface area contributed by atoms with Crippen molar-refractivity contribution in [1.82, 2.24) is 9.88 Å². The standard InChI is InChI=1S/C12H19BrN4O2/c1-8(2)17(4-3-5-18)12(19)10-6-9(13)7-15-11(10)16-14/h6-8,18H,3-5,14H2,1-2H3,(H,15,16). The van der Waals surface area contributed by atoms with E-state index in [0.29, 0.717) is 28.8 Å². The lowest BCUT2D eigenvalue weighted by Crippen LogP contribution is -2.38. The van der Waals surface area contributed by atoms with Gasteiger partial charge in [0.1, 0.15) is 0 Å². The van der Waals surface area contributed by atoms with Crippen molar-refractivity contribution in [3.63, 3.8) is 0 Å². The molecular weight excluding hydrogens is 312 g/mol. The number of nitrogens with two attached hydrogens (primary N) is 1. The Bertz CT molecular complexity index is 440. The Kier molecular flexibility index (Phi) is 6.20. The maximum absolute atomic E-state index is 12.5. The molecule has 1 aromatic rings. The minimum atomic E-state index is -0.162. The third-order valence-electron chi connectivity index (χ3n) is 2.66. The zero-order valence-corrected chi connectivity index (χ0v) is 12.6. The topological polar surface area (TPSA) is 91.5 Å². The van der Waals surface area contributed by atoms with Gasteiger partial charge < -0.3 is 15.4 Å². The number of nitrogens with zero attached hydrogens (tertiary/aromatic N) is 2. The van der Waals surface area contributed by atoms with Gasteiger partial charge in [-0.1, -0.05) is 0 Å². The maximum Gasteiger partial charge on any atom is 0.257 e. The summed E-state index contributed by atoms with van der Waals surface area (Å²) in [6.07, 6.45) is 2.11. The highest BCUT2D eigenvalue weighted by atomic mass is 79.9. The highest BCUT2D eigenvalue weighted by Crippen LogP contribution is 2.20. The van der Waals surface area contributed by atoms with Crippen LogP contribution in [0, 0.1) is 0 Å². The molecule has 1 heterocycles. The molecule has 0 spiro atoms. The Morgan fingerprint density at radius 2 is 2.32 bits per heavy atom. The number of halogens is 1. The molecule has 0 saturated heterocycles. The zero-order valence-electron chi connectivity index (χ0n) is 11.1. The predicted molar refractivity (Wildman–Crippen MR) is 77.6 cm³/mol. The maximum atomic E-state index is 12.5. The largest absolute Gasteiger partial charge is 0.396 e.